The van der Waals surface area contributed by atoms with E-state index in [-0.39, 0.29) is 0 Å². The molecule has 3 rings (SSSR count). The van der Waals surface area contributed by atoms with Crippen LogP contribution in [0.25, 0.3) is 0 Å². The van der Waals surface area contributed by atoms with Gasteiger partial charge in [0.25, 0.3) is 0 Å². The van der Waals surface area contributed by atoms with Crippen LogP contribution in [-0.2, 0) is 6.42 Å². The van der Waals surface area contributed by atoms with E-state index in [0.29, 0.717) is 12.0 Å². The van der Waals surface area contributed by atoms with Crippen LogP contribution in [0.15, 0.2) is 42.5 Å². The molecule has 0 spiro atoms. The highest BCUT2D eigenvalue weighted by Gasteiger charge is 2.23. The number of benzene rings is 2. The van der Waals surface area contributed by atoms with Crippen molar-refractivity contribution in [1.82, 2.24) is 0 Å². The van der Waals surface area contributed by atoms with Crippen LogP contribution >= 0.6 is 0 Å². The Kier molecular flexibility index (Phi) is 5.05. The van der Waals surface area contributed by atoms with Crippen molar-refractivity contribution in [1.29, 1.82) is 0 Å². The molecule has 0 N–H and O–H groups in total. The third-order valence-electron chi connectivity index (χ3n) is 5.16. The van der Waals surface area contributed by atoms with Gasteiger partial charge in [-0.25, -0.2) is 0 Å². The second-order valence-corrected chi connectivity index (χ2v) is 6.96. The first-order chi connectivity index (χ1) is 11.2. The Balaban J connectivity index is 1.57. The Bertz CT molecular complexity index is 634. The van der Waals surface area contributed by atoms with E-state index in [1.54, 1.807) is 0 Å². The lowest BCUT2D eigenvalue weighted by molar-refractivity contribution is 0.145. The quantitative estimate of drug-likeness (QED) is 0.676. The number of ether oxygens (including phenoxy) is 1. The van der Waals surface area contributed by atoms with Crippen molar-refractivity contribution in [3.8, 4) is 5.75 Å². The minimum absolute atomic E-state index is 0.377. The highest BCUT2D eigenvalue weighted by atomic mass is 16.5. The maximum Gasteiger partial charge on any atom is 0.122 e. The van der Waals surface area contributed by atoms with Gasteiger partial charge >= 0.3 is 0 Å². The van der Waals surface area contributed by atoms with Crippen LogP contribution in [0.5, 0.6) is 5.75 Å². The average molecular weight is 308 g/mol. The molecule has 122 valence electrons. The maximum atomic E-state index is 6.26. The van der Waals surface area contributed by atoms with Crippen molar-refractivity contribution in [2.45, 2.75) is 64.9 Å². The zero-order valence-corrected chi connectivity index (χ0v) is 14.6. The molecule has 1 aliphatic rings. The zero-order chi connectivity index (χ0) is 16.2. The molecule has 2 aromatic carbocycles. The van der Waals surface area contributed by atoms with Crippen molar-refractivity contribution in [2.75, 3.05) is 0 Å². The van der Waals surface area contributed by atoms with Gasteiger partial charge in [-0.1, -0.05) is 48.9 Å². The molecular formula is C22H28O. The largest absolute Gasteiger partial charge is 0.490 e. The predicted molar refractivity (Wildman–Crippen MR) is 97.4 cm³/mol. The summed E-state index contributed by atoms with van der Waals surface area (Å²) in [6, 6.07) is 15.7. The van der Waals surface area contributed by atoms with Crippen molar-refractivity contribution >= 4 is 0 Å². The average Bonchev–Trinajstić information content (AvgIpc) is 2.58. The molecule has 1 heteroatoms. The Labute approximate surface area is 140 Å². The first-order valence-electron chi connectivity index (χ1n) is 8.98. The number of hydrogen-bond acceptors (Lipinski definition) is 1. The van der Waals surface area contributed by atoms with Crippen molar-refractivity contribution in [3.63, 3.8) is 0 Å². The fraction of sp³-hybridized carbons (Fsp3) is 0.455. The second-order valence-electron chi connectivity index (χ2n) is 6.96. The fourth-order valence-electron chi connectivity index (χ4n) is 3.65. The van der Waals surface area contributed by atoms with Crippen LogP contribution in [0.4, 0.5) is 0 Å². The molecule has 0 atom stereocenters. The Morgan fingerprint density at radius 3 is 2.22 bits per heavy atom. The van der Waals surface area contributed by atoms with Crippen molar-refractivity contribution < 1.29 is 4.74 Å². The maximum absolute atomic E-state index is 6.26. The third-order valence-corrected chi connectivity index (χ3v) is 5.16. The molecule has 1 fully saturated rings. The summed E-state index contributed by atoms with van der Waals surface area (Å²) >= 11 is 0. The Morgan fingerprint density at radius 1 is 0.913 bits per heavy atom. The first kappa shape index (κ1) is 16.1. The SMILES string of the molecule is CCc1ccc(C2CCC(Oc3ccc(C)cc3C)CC2)cc1. The molecule has 0 radical (unpaired) electrons. The van der Waals surface area contributed by atoms with Gasteiger partial charge in [-0.15, -0.1) is 0 Å². The van der Waals surface area contributed by atoms with Crippen LogP contribution in [0.2, 0.25) is 0 Å². The van der Waals surface area contributed by atoms with Crippen LogP contribution in [0.1, 0.15) is 60.8 Å². The standard InChI is InChI=1S/C22H28O/c1-4-18-6-8-19(9-7-18)20-10-12-21(13-11-20)23-22-14-5-16(2)15-17(22)3/h5-9,14-15,20-21H,4,10-13H2,1-3H3. The van der Waals surface area contributed by atoms with E-state index in [2.05, 4.69) is 63.2 Å². The Hall–Kier alpha value is -1.76. The molecule has 1 aliphatic carbocycles. The van der Waals surface area contributed by atoms with Gasteiger partial charge in [-0.3, -0.25) is 0 Å². The van der Waals surface area contributed by atoms with Crippen LogP contribution < -0.4 is 4.74 Å². The molecule has 0 bridgehead atoms. The molecule has 1 saturated carbocycles. The summed E-state index contributed by atoms with van der Waals surface area (Å²) in [6.45, 7) is 6.49. The van der Waals surface area contributed by atoms with Crippen LogP contribution in [0, 0.1) is 13.8 Å². The summed E-state index contributed by atoms with van der Waals surface area (Å²) in [7, 11) is 0. The van der Waals surface area contributed by atoms with Gasteiger partial charge in [0.15, 0.2) is 0 Å². The van der Waals surface area contributed by atoms with Gasteiger partial charge in [0.2, 0.25) is 0 Å². The number of aryl methyl sites for hydroxylation is 3. The van der Waals surface area contributed by atoms with Crippen molar-refractivity contribution in [3.05, 3.63) is 64.7 Å². The summed E-state index contributed by atoms with van der Waals surface area (Å²) in [5, 5.41) is 0. The fourth-order valence-corrected chi connectivity index (χ4v) is 3.65. The number of rotatable bonds is 4. The van der Waals surface area contributed by atoms with Gasteiger partial charge < -0.3 is 4.74 Å². The molecule has 0 amide bonds. The summed E-state index contributed by atoms with van der Waals surface area (Å²) in [6.07, 6.45) is 6.29. The molecule has 0 heterocycles. The molecule has 23 heavy (non-hydrogen) atoms. The lowest BCUT2D eigenvalue weighted by Gasteiger charge is -2.30. The van der Waals surface area contributed by atoms with E-state index in [9.17, 15) is 0 Å². The normalized spacial score (nSPS) is 21.2. The molecule has 1 nitrogen and oxygen atoms in total. The zero-order valence-electron chi connectivity index (χ0n) is 14.6. The van der Waals surface area contributed by atoms with E-state index in [4.69, 9.17) is 4.74 Å². The predicted octanol–water partition coefficient (Wildman–Crippen LogP) is 5.97. The van der Waals surface area contributed by atoms with Gasteiger partial charge in [0.05, 0.1) is 6.10 Å². The topological polar surface area (TPSA) is 9.23 Å². The van der Waals surface area contributed by atoms with E-state index in [1.807, 2.05) is 0 Å². The summed E-state index contributed by atoms with van der Waals surface area (Å²) in [5.41, 5.74) is 5.49. The van der Waals surface area contributed by atoms with Gasteiger partial charge in [0, 0.05) is 0 Å². The second kappa shape index (κ2) is 7.21. The number of hydrogen-bond donors (Lipinski definition) is 0. The lowest BCUT2D eigenvalue weighted by Crippen LogP contribution is -2.23. The summed E-state index contributed by atoms with van der Waals surface area (Å²) < 4.78 is 6.26. The molecule has 0 aromatic heterocycles. The molecule has 0 aliphatic heterocycles. The van der Waals surface area contributed by atoms with Gasteiger partial charge in [-0.05, 0) is 74.6 Å². The molecular weight excluding hydrogens is 280 g/mol. The minimum atomic E-state index is 0.377. The highest BCUT2D eigenvalue weighted by Crippen LogP contribution is 2.35. The first-order valence-corrected chi connectivity index (χ1v) is 8.98. The minimum Gasteiger partial charge on any atom is -0.490 e. The van der Waals surface area contributed by atoms with E-state index >= 15 is 0 Å². The summed E-state index contributed by atoms with van der Waals surface area (Å²) in [4.78, 5) is 0. The monoisotopic (exact) mass is 308 g/mol. The van der Waals surface area contributed by atoms with E-state index in [1.165, 1.54) is 35.1 Å². The van der Waals surface area contributed by atoms with Gasteiger partial charge in [0.1, 0.15) is 5.75 Å². The Morgan fingerprint density at radius 2 is 1.61 bits per heavy atom. The van der Waals surface area contributed by atoms with Gasteiger partial charge in [-0.2, -0.15) is 0 Å². The highest BCUT2D eigenvalue weighted by molar-refractivity contribution is 5.36. The van der Waals surface area contributed by atoms with Crippen LogP contribution in [-0.4, -0.2) is 6.10 Å². The lowest BCUT2D eigenvalue weighted by atomic mass is 9.82. The van der Waals surface area contributed by atoms with E-state index in [0.717, 1.165) is 25.0 Å². The molecule has 2 aromatic rings. The van der Waals surface area contributed by atoms with E-state index < -0.39 is 0 Å². The molecule has 0 saturated heterocycles. The smallest absolute Gasteiger partial charge is 0.122 e. The third kappa shape index (κ3) is 3.96. The summed E-state index contributed by atoms with van der Waals surface area (Å²) in [5.74, 6) is 1.77. The van der Waals surface area contributed by atoms with Crippen LogP contribution in [0.3, 0.4) is 0 Å². The molecule has 0 unspecified atom stereocenters. The van der Waals surface area contributed by atoms with Crippen molar-refractivity contribution in [2.24, 2.45) is 0 Å².